The van der Waals surface area contributed by atoms with Crippen LogP contribution >= 0.6 is 0 Å². The van der Waals surface area contributed by atoms with Gasteiger partial charge in [0.15, 0.2) is 5.78 Å². The number of carbonyl (C=O) groups excluding carboxylic acids is 4. The molecule has 2 aromatic rings. The number of ether oxygens (including phenoxy) is 2. The van der Waals surface area contributed by atoms with Gasteiger partial charge in [0, 0.05) is 23.0 Å². The van der Waals surface area contributed by atoms with E-state index in [1.807, 2.05) is 0 Å². The molecule has 0 saturated carbocycles. The summed E-state index contributed by atoms with van der Waals surface area (Å²) in [6, 6.07) is 4.86. The van der Waals surface area contributed by atoms with Crippen molar-refractivity contribution < 1.29 is 28.7 Å². The van der Waals surface area contributed by atoms with Crippen LogP contribution in [0.2, 0.25) is 0 Å². The lowest BCUT2D eigenvalue weighted by Crippen LogP contribution is -2.30. The number of Topliss-reactive ketones (excluding diaryl/α,β-unsaturated/α-hetero) is 1. The van der Waals surface area contributed by atoms with E-state index in [9.17, 15) is 19.2 Å². The van der Waals surface area contributed by atoms with Gasteiger partial charge in [-0.15, -0.1) is 0 Å². The molecular formula is C19H19N3O6. The van der Waals surface area contributed by atoms with E-state index in [4.69, 9.17) is 4.74 Å². The molecule has 1 aliphatic rings. The Labute approximate surface area is 160 Å². The quantitative estimate of drug-likeness (QED) is 0.710. The number of fused-ring (bicyclic) bond motifs is 1. The molecule has 3 rings (SSSR count). The van der Waals surface area contributed by atoms with Crippen molar-refractivity contribution in [2.75, 3.05) is 20.3 Å². The number of esters is 2. The summed E-state index contributed by atoms with van der Waals surface area (Å²) in [6.07, 6.45) is 1.71. The second kappa shape index (κ2) is 8.03. The summed E-state index contributed by atoms with van der Waals surface area (Å²) in [5, 5.41) is 2.48. The Kier molecular flexibility index (Phi) is 5.53. The SMILES string of the molecule is CCOC(=O)c1ncc(C2Cc3c(C(=O)NCC(=O)OC)cccc3C2=O)[nH]1. The first kappa shape index (κ1) is 19.3. The first-order chi connectivity index (χ1) is 13.5. The second-order valence-electron chi connectivity index (χ2n) is 6.12. The molecule has 1 aliphatic carbocycles. The van der Waals surface area contributed by atoms with Crippen molar-refractivity contribution in [2.24, 2.45) is 0 Å². The Bertz CT molecular complexity index is 949. The average Bonchev–Trinajstić information content (AvgIpc) is 3.31. The highest BCUT2D eigenvalue weighted by Gasteiger charge is 2.35. The van der Waals surface area contributed by atoms with E-state index in [1.54, 1.807) is 25.1 Å². The van der Waals surface area contributed by atoms with Gasteiger partial charge in [0.05, 0.1) is 19.6 Å². The first-order valence-electron chi connectivity index (χ1n) is 8.69. The first-order valence-corrected chi connectivity index (χ1v) is 8.69. The molecule has 1 heterocycles. The molecule has 1 aromatic carbocycles. The van der Waals surface area contributed by atoms with Crippen LogP contribution in [0.4, 0.5) is 0 Å². The number of imidazole rings is 1. The van der Waals surface area contributed by atoms with Crippen molar-refractivity contribution in [3.63, 3.8) is 0 Å². The summed E-state index contributed by atoms with van der Waals surface area (Å²) in [5.74, 6) is -2.36. The summed E-state index contributed by atoms with van der Waals surface area (Å²) < 4.78 is 9.39. The second-order valence-corrected chi connectivity index (χ2v) is 6.12. The molecule has 146 valence electrons. The van der Waals surface area contributed by atoms with Gasteiger partial charge in [0.25, 0.3) is 5.91 Å². The van der Waals surface area contributed by atoms with Crippen molar-refractivity contribution in [1.29, 1.82) is 0 Å². The number of hydrogen-bond donors (Lipinski definition) is 2. The minimum atomic E-state index is -0.598. The molecule has 0 bridgehead atoms. The minimum Gasteiger partial charge on any atom is -0.468 e. The maximum atomic E-state index is 12.8. The Morgan fingerprint density at radius 3 is 2.82 bits per heavy atom. The van der Waals surface area contributed by atoms with Gasteiger partial charge in [-0.25, -0.2) is 9.78 Å². The third kappa shape index (κ3) is 3.64. The third-order valence-corrected chi connectivity index (χ3v) is 4.47. The molecule has 9 nitrogen and oxygen atoms in total. The van der Waals surface area contributed by atoms with Gasteiger partial charge < -0.3 is 19.8 Å². The summed E-state index contributed by atoms with van der Waals surface area (Å²) >= 11 is 0. The summed E-state index contributed by atoms with van der Waals surface area (Å²) in [5.41, 5.74) is 1.82. The minimum absolute atomic E-state index is 0.0247. The van der Waals surface area contributed by atoms with Crippen molar-refractivity contribution in [3.8, 4) is 0 Å². The van der Waals surface area contributed by atoms with Gasteiger partial charge >= 0.3 is 11.9 Å². The van der Waals surface area contributed by atoms with E-state index in [0.717, 1.165) is 0 Å². The van der Waals surface area contributed by atoms with Gasteiger partial charge in [0.2, 0.25) is 5.82 Å². The van der Waals surface area contributed by atoms with Crippen LogP contribution in [0, 0.1) is 0 Å². The number of nitrogens with zero attached hydrogens (tertiary/aromatic N) is 1. The van der Waals surface area contributed by atoms with Crippen LogP contribution in [0.3, 0.4) is 0 Å². The van der Waals surface area contributed by atoms with Gasteiger partial charge in [-0.3, -0.25) is 14.4 Å². The van der Waals surface area contributed by atoms with Crippen LogP contribution in [0.25, 0.3) is 0 Å². The fraction of sp³-hybridized carbons (Fsp3) is 0.316. The van der Waals surface area contributed by atoms with E-state index < -0.39 is 23.8 Å². The van der Waals surface area contributed by atoms with Crippen LogP contribution in [0.15, 0.2) is 24.4 Å². The number of amides is 1. The highest BCUT2D eigenvalue weighted by atomic mass is 16.5. The molecule has 0 fully saturated rings. The molecule has 0 radical (unpaired) electrons. The van der Waals surface area contributed by atoms with Crippen molar-refractivity contribution in [3.05, 3.63) is 52.6 Å². The molecule has 0 spiro atoms. The lowest BCUT2D eigenvalue weighted by Gasteiger charge is -2.08. The number of aromatic nitrogens is 2. The number of methoxy groups -OCH3 is 1. The molecule has 1 unspecified atom stereocenters. The van der Waals surface area contributed by atoms with Crippen LogP contribution in [-0.4, -0.2) is 53.9 Å². The zero-order valence-corrected chi connectivity index (χ0v) is 15.4. The molecule has 9 heteroatoms. The fourth-order valence-corrected chi connectivity index (χ4v) is 3.12. The smallest absolute Gasteiger partial charge is 0.374 e. The highest BCUT2D eigenvalue weighted by molar-refractivity contribution is 6.09. The topological polar surface area (TPSA) is 127 Å². The van der Waals surface area contributed by atoms with Crippen LogP contribution < -0.4 is 5.32 Å². The third-order valence-electron chi connectivity index (χ3n) is 4.47. The number of ketones is 1. The Morgan fingerprint density at radius 1 is 1.32 bits per heavy atom. The number of rotatable bonds is 6. The van der Waals surface area contributed by atoms with Gasteiger partial charge in [-0.05, 0) is 25.0 Å². The monoisotopic (exact) mass is 385 g/mol. The van der Waals surface area contributed by atoms with Crippen molar-refractivity contribution in [2.45, 2.75) is 19.3 Å². The lowest BCUT2D eigenvalue weighted by atomic mass is 10.0. The largest absolute Gasteiger partial charge is 0.468 e. The van der Waals surface area contributed by atoms with Gasteiger partial charge in [-0.1, -0.05) is 12.1 Å². The molecule has 1 aromatic heterocycles. The van der Waals surface area contributed by atoms with Crippen LogP contribution in [0.1, 0.15) is 55.4 Å². The maximum Gasteiger partial charge on any atom is 0.374 e. The molecule has 0 saturated heterocycles. The van der Waals surface area contributed by atoms with Crippen molar-refractivity contribution >= 4 is 23.6 Å². The fourth-order valence-electron chi connectivity index (χ4n) is 3.12. The molecule has 28 heavy (non-hydrogen) atoms. The van der Waals surface area contributed by atoms with Crippen LogP contribution in [-0.2, 0) is 20.7 Å². The molecule has 1 amide bonds. The summed E-state index contributed by atoms with van der Waals surface area (Å²) in [7, 11) is 1.23. The standard InChI is InChI=1S/C19H19N3O6/c1-3-28-19(26)17-20-8-14(22-17)13-7-12-10(16(13)24)5-4-6-11(12)18(25)21-9-15(23)27-2/h4-6,8,13H,3,7,9H2,1-2H3,(H,20,22)(H,21,25). The van der Waals surface area contributed by atoms with E-state index >= 15 is 0 Å². The highest BCUT2D eigenvalue weighted by Crippen LogP contribution is 2.35. The summed E-state index contributed by atoms with van der Waals surface area (Å²) in [6.45, 7) is 1.64. The Hall–Kier alpha value is -3.49. The predicted octanol–water partition coefficient (Wildman–Crippen LogP) is 1.01. The number of carbonyl (C=O) groups is 4. The zero-order valence-electron chi connectivity index (χ0n) is 15.4. The Balaban J connectivity index is 1.82. The van der Waals surface area contributed by atoms with Crippen molar-refractivity contribution in [1.82, 2.24) is 15.3 Å². The lowest BCUT2D eigenvalue weighted by molar-refractivity contribution is -0.139. The van der Waals surface area contributed by atoms with E-state index in [2.05, 4.69) is 20.0 Å². The van der Waals surface area contributed by atoms with E-state index in [0.29, 0.717) is 22.4 Å². The predicted molar refractivity (Wildman–Crippen MR) is 96.1 cm³/mol. The molecule has 0 aliphatic heterocycles. The normalized spacial score (nSPS) is 15.1. The number of hydrogen-bond acceptors (Lipinski definition) is 7. The van der Waals surface area contributed by atoms with Gasteiger partial charge in [0.1, 0.15) is 6.54 Å². The average molecular weight is 385 g/mol. The van der Waals surface area contributed by atoms with E-state index in [-0.39, 0.29) is 31.2 Å². The Morgan fingerprint density at radius 2 is 2.11 bits per heavy atom. The number of aromatic amines is 1. The molecule has 1 atom stereocenters. The molecular weight excluding hydrogens is 366 g/mol. The number of nitrogens with one attached hydrogen (secondary N) is 2. The molecule has 2 N–H and O–H groups in total. The maximum absolute atomic E-state index is 12.8. The number of H-pyrrole nitrogens is 1. The summed E-state index contributed by atoms with van der Waals surface area (Å²) in [4.78, 5) is 55.1. The number of benzene rings is 1. The zero-order chi connectivity index (χ0) is 20.3. The van der Waals surface area contributed by atoms with Crippen LogP contribution in [0.5, 0.6) is 0 Å². The van der Waals surface area contributed by atoms with E-state index in [1.165, 1.54) is 13.3 Å². The van der Waals surface area contributed by atoms with Gasteiger partial charge in [-0.2, -0.15) is 0 Å².